The van der Waals surface area contributed by atoms with Crippen LogP contribution in [0.15, 0.2) is 29.4 Å². The number of aromatic nitrogens is 2. The van der Waals surface area contributed by atoms with Crippen LogP contribution in [0.25, 0.3) is 11.0 Å². The Morgan fingerprint density at radius 1 is 1.45 bits per heavy atom. The lowest BCUT2D eigenvalue weighted by molar-refractivity contribution is -0.133. The Bertz CT molecular complexity index is 598. The van der Waals surface area contributed by atoms with Gasteiger partial charge in [-0.3, -0.25) is 4.79 Å². The van der Waals surface area contributed by atoms with Gasteiger partial charge in [0.1, 0.15) is 0 Å². The lowest BCUT2D eigenvalue weighted by Gasteiger charge is -2.16. The van der Waals surface area contributed by atoms with Crippen LogP contribution in [-0.2, 0) is 4.79 Å². The maximum atomic E-state index is 10.8. The Morgan fingerprint density at radius 2 is 2.20 bits per heavy atom. The Morgan fingerprint density at radius 3 is 2.90 bits per heavy atom. The number of hydrogen-bond acceptors (Lipinski definition) is 4. The average Bonchev–Trinajstić information content (AvgIpc) is 2.81. The van der Waals surface area contributed by atoms with Crippen LogP contribution in [0, 0.1) is 0 Å². The first-order valence-corrected chi connectivity index (χ1v) is 8.66. The molecule has 0 fully saturated rings. The number of hydrogen-bond donors (Lipinski definition) is 1. The minimum absolute atomic E-state index is 0.0387. The van der Waals surface area contributed by atoms with Crippen molar-refractivity contribution in [2.45, 2.75) is 25.0 Å². The smallest absolute Gasteiger partial charge is 0.313 e. The molecule has 6 heteroatoms. The molecule has 20 heavy (non-hydrogen) atoms. The van der Waals surface area contributed by atoms with E-state index in [2.05, 4.69) is 23.4 Å². The van der Waals surface area contributed by atoms with Gasteiger partial charge in [-0.2, -0.15) is 11.8 Å². The summed E-state index contributed by atoms with van der Waals surface area (Å²) in [6.07, 6.45) is 0. The van der Waals surface area contributed by atoms with Crippen molar-refractivity contribution in [3.8, 4) is 0 Å². The van der Waals surface area contributed by atoms with Crippen molar-refractivity contribution in [3.63, 3.8) is 0 Å². The number of nitrogens with zero attached hydrogens (tertiary/aromatic N) is 2. The predicted molar refractivity (Wildman–Crippen MR) is 85.8 cm³/mol. The normalized spacial score (nSPS) is 12.7. The highest BCUT2D eigenvalue weighted by atomic mass is 32.2. The highest BCUT2D eigenvalue weighted by Gasteiger charge is 2.16. The molecule has 0 aliphatic carbocycles. The SMILES string of the molecule is CCSCC(C)n1c(SCC(=O)O)nc2ccccc21. The van der Waals surface area contributed by atoms with E-state index in [1.54, 1.807) is 0 Å². The monoisotopic (exact) mass is 310 g/mol. The van der Waals surface area contributed by atoms with Gasteiger partial charge in [-0.25, -0.2) is 4.98 Å². The first-order valence-electron chi connectivity index (χ1n) is 6.52. The molecule has 0 spiro atoms. The summed E-state index contributed by atoms with van der Waals surface area (Å²) in [5.74, 6) is 1.30. The fourth-order valence-corrected chi connectivity index (χ4v) is 3.60. The van der Waals surface area contributed by atoms with Crippen LogP contribution in [0.2, 0.25) is 0 Å². The molecule has 0 radical (unpaired) electrons. The van der Waals surface area contributed by atoms with Gasteiger partial charge in [-0.05, 0) is 24.8 Å². The van der Waals surface area contributed by atoms with Gasteiger partial charge in [0.05, 0.1) is 16.8 Å². The van der Waals surface area contributed by atoms with Crippen molar-refractivity contribution in [3.05, 3.63) is 24.3 Å². The largest absolute Gasteiger partial charge is 0.481 e. The molecule has 0 bridgehead atoms. The fourth-order valence-electron chi connectivity index (χ4n) is 2.04. The molecule has 1 aromatic carbocycles. The number of thioether (sulfide) groups is 2. The van der Waals surface area contributed by atoms with Gasteiger partial charge in [0.25, 0.3) is 0 Å². The van der Waals surface area contributed by atoms with Crippen LogP contribution in [0.4, 0.5) is 0 Å². The van der Waals surface area contributed by atoms with Gasteiger partial charge >= 0.3 is 5.97 Å². The minimum atomic E-state index is -0.816. The van der Waals surface area contributed by atoms with E-state index in [1.807, 2.05) is 36.0 Å². The van der Waals surface area contributed by atoms with Crippen LogP contribution in [0.3, 0.4) is 0 Å². The molecule has 1 atom stereocenters. The standard InChI is InChI=1S/C14H18N2O2S2/c1-3-19-8-10(2)16-12-7-5-4-6-11(12)15-14(16)20-9-13(17)18/h4-7,10H,3,8-9H2,1-2H3,(H,17,18). The molecule has 0 aliphatic heterocycles. The van der Waals surface area contributed by atoms with Gasteiger partial charge in [0, 0.05) is 11.8 Å². The summed E-state index contributed by atoms with van der Waals surface area (Å²) < 4.78 is 2.16. The molecule has 108 valence electrons. The molecule has 1 aromatic heterocycles. The van der Waals surface area contributed by atoms with Crippen molar-refractivity contribution in [1.82, 2.24) is 9.55 Å². The lowest BCUT2D eigenvalue weighted by atomic mass is 10.3. The molecule has 0 amide bonds. The third kappa shape index (κ3) is 3.49. The van der Waals surface area contributed by atoms with E-state index in [0.29, 0.717) is 6.04 Å². The number of imidazole rings is 1. The van der Waals surface area contributed by atoms with Crippen LogP contribution < -0.4 is 0 Å². The topological polar surface area (TPSA) is 55.1 Å². The molecular weight excluding hydrogens is 292 g/mol. The third-order valence-corrected chi connectivity index (χ3v) is 4.96. The first-order chi connectivity index (χ1) is 9.63. The first kappa shape index (κ1) is 15.3. The van der Waals surface area contributed by atoms with Crippen molar-refractivity contribution in [2.24, 2.45) is 0 Å². The van der Waals surface area contributed by atoms with Gasteiger partial charge < -0.3 is 9.67 Å². The van der Waals surface area contributed by atoms with E-state index in [0.717, 1.165) is 27.7 Å². The Hall–Kier alpha value is -1.14. The van der Waals surface area contributed by atoms with Crippen molar-refractivity contribution >= 4 is 40.5 Å². The Balaban J connectivity index is 2.36. The minimum Gasteiger partial charge on any atom is -0.481 e. The zero-order valence-electron chi connectivity index (χ0n) is 11.6. The number of carbonyl (C=O) groups is 1. The Labute approximate surface area is 127 Å². The van der Waals surface area contributed by atoms with Gasteiger partial charge in [0.2, 0.25) is 0 Å². The molecule has 0 saturated heterocycles. The van der Waals surface area contributed by atoms with Crippen LogP contribution in [0.5, 0.6) is 0 Å². The number of rotatable bonds is 7. The third-order valence-electron chi connectivity index (χ3n) is 2.89. The highest BCUT2D eigenvalue weighted by Crippen LogP contribution is 2.29. The summed E-state index contributed by atoms with van der Waals surface area (Å²) in [6.45, 7) is 4.30. The van der Waals surface area contributed by atoms with E-state index < -0.39 is 5.97 Å². The highest BCUT2D eigenvalue weighted by molar-refractivity contribution is 7.99. The maximum Gasteiger partial charge on any atom is 0.313 e. The molecular formula is C14H18N2O2S2. The van der Waals surface area contributed by atoms with Crippen LogP contribution in [-0.4, -0.2) is 37.9 Å². The lowest BCUT2D eigenvalue weighted by Crippen LogP contribution is -2.10. The number of benzene rings is 1. The maximum absolute atomic E-state index is 10.8. The number of carboxylic acids is 1. The van der Waals surface area contributed by atoms with Gasteiger partial charge in [-0.1, -0.05) is 30.8 Å². The molecule has 2 rings (SSSR count). The second-order valence-electron chi connectivity index (χ2n) is 4.44. The molecule has 1 heterocycles. The van der Waals surface area contributed by atoms with Crippen LogP contribution >= 0.6 is 23.5 Å². The average molecular weight is 310 g/mol. The molecule has 2 aromatic rings. The zero-order valence-corrected chi connectivity index (χ0v) is 13.2. The molecule has 1 N–H and O–H groups in total. The van der Waals surface area contributed by atoms with Gasteiger partial charge in [0.15, 0.2) is 5.16 Å². The number of aliphatic carboxylic acids is 1. The Kier molecular flexibility index (Phi) is 5.37. The number of fused-ring (bicyclic) bond motifs is 1. The van der Waals surface area contributed by atoms with E-state index in [-0.39, 0.29) is 5.75 Å². The second kappa shape index (κ2) is 7.04. The molecule has 0 saturated carbocycles. The quantitative estimate of drug-likeness (QED) is 0.793. The van der Waals surface area contributed by atoms with Crippen molar-refractivity contribution < 1.29 is 9.90 Å². The second-order valence-corrected chi connectivity index (χ2v) is 6.71. The molecule has 1 unspecified atom stereocenters. The van der Waals surface area contributed by atoms with E-state index in [1.165, 1.54) is 11.8 Å². The van der Waals surface area contributed by atoms with E-state index in [9.17, 15) is 4.79 Å². The van der Waals surface area contributed by atoms with Gasteiger partial charge in [-0.15, -0.1) is 0 Å². The van der Waals surface area contributed by atoms with Crippen LogP contribution in [0.1, 0.15) is 19.9 Å². The predicted octanol–water partition coefficient (Wildman–Crippen LogP) is 3.53. The number of carboxylic acid groups (broad SMARTS) is 1. The number of para-hydroxylation sites is 2. The summed E-state index contributed by atoms with van der Waals surface area (Å²) >= 11 is 3.17. The summed E-state index contributed by atoms with van der Waals surface area (Å²) in [5, 5.41) is 9.65. The fraction of sp³-hybridized carbons (Fsp3) is 0.429. The molecule has 4 nitrogen and oxygen atoms in total. The summed E-state index contributed by atoms with van der Waals surface area (Å²) in [6, 6.07) is 8.25. The van der Waals surface area contributed by atoms with E-state index >= 15 is 0 Å². The van der Waals surface area contributed by atoms with Crippen molar-refractivity contribution in [1.29, 1.82) is 0 Å². The molecule has 0 aliphatic rings. The summed E-state index contributed by atoms with van der Waals surface area (Å²) in [4.78, 5) is 15.3. The zero-order chi connectivity index (χ0) is 14.5. The van der Waals surface area contributed by atoms with E-state index in [4.69, 9.17) is 5.11 Å². The van der Waals surface area contributed by atoms with Crippen molar-refractivity contribution in [2.75, 3.05) is 17.3 Å². The summed E-state index contributed by atoms with van der Waals surface area (Å²) in [5.41, 5.74) is 2.00. The summed E-state index contributed by atoms with van der Waals surface area (Å²) in [7, 11) is 0.